The molecule has 1 N–H and O–H groups in total. The van der Waals surface area contributed by atoms with Crippen molar-refractivity contribution >= 4 is 43.1 Å². The predicted octanol–water partition coefficient (Wildman–Crippen LogP) is 13.4. The average molecular weight is 793 g/mol. The number of rotatable bonds is 7. The Kier molecular flexibility index (Phi) is 11.0. The van der Waals surface area contributed by atoms with Crippen LogP contribution in [0.4, 0.5) is 13.2 Å². The Labute approximate surface area is 332 Å². The summed E-state index contributed by atoms with van der Waals surface area (Å²) in [6.45, 7) is 28.1. The van der Waals surface area contributed by atoms with Gasteiger partial charge in [0.15, 0.2) is 0 Å². The van der Waals surface area contributed by atoms with E-state index in [0.717, 1.165) is 38.0 Å². The second-order valence-corrected chi connectivity index (χ2v) is 23.8. The minimum Gasteiger partial charge on any atom is -0.507 e. The fourth-order valence-electron chi connectivity index (χ4n) is 8.18. The van der Waals surface area contributed by atoms with E-state index < -0.39 is 19.8 Å². The van der Waals surface area contributed by atoms with Crippen molar-refractivity contribution in [3.8, 4) is 50.3 Å². The number of phenols is 1. The number of thiophene rings is 1. The fraction of sp³-hybridized carbons (Fsp3) is 0.292. The molecule has 7 heteroatoms. The minimum atomic E-state index is -4.53. The first-order valence-electron chi connectivity index (χ1n) is 18.8. The zero-order chi connectivity index (χ0) is 40.5. The third-order valence-electron chi connectivity index (χ3n) is 12.2. The van der Waals surface area contributed by atoms with Crippen molar-refractivity contribution in [3.63, 3.8) is 0 Å². The molecular formula is C48H52F3OPSSi. The summed E-state index contributed by atoms with van der Waals surface area (Å²) in [6.07, 6.45) is -4.53. The van der Waals surface area contributed by atoms with Crippen molar-refractivity contribution in [1.82, 2.24) is 0 Å². The van der Waals surface area contributed by atoms with Gasteiger partial charge in [-0.1, -0.05) is 68.2 Å². The summed E-state index contributed by atoms with van der Waals surface area (Å²) >= 11 is 1.57. The summed E-state index contributed by atoms with van der Waals surface area (Å²) < 4.78 is 44.2. The van der Waals surface area contributed by atoms with Crippen molar-refractivity contribution in [1.29, 1.82) is 0 Å². The van der Waals surface area contributed by atoms with E-state index in [1.807, 2.05) is 37.8 Å². The highest BCUT2D eigenvalue weighted by Gasteiger charge is 2.35. The van der Waals surface area contributed by atoms with Crippen LogP contribution in [0.25, 0.3) is 44.5 Å². The number of benzene rings is 5. The number of hydrogen-bond acceptors (Lipinski definition) is 2. The van der Waals surface area contributed by atoms with Gasteiger partial charge >= 0.3 is 6.18 Å². The van der Waals surface area contributed by atoms with Crippen LogP contribution in [0.3, 0.4) is 0 Å². The van der Waals surface area contributed by atoms with E-state index in [0.29, 0.717) is 10.5 Å². The van der Waals surface area contributed by atoms with Gasteiger partial charge in [-0.2, -0.15) is 13.2 Å². The summed E-state index contributed by atoms with van der Waals surface area (Å²) in [4.78, 5) is 0. The molecule has 0 amide bonds. The van der Waals surface area contributed by atoms with Crippen LogP contribution in [0, 0.1) is 69.2 Å². The Morgan fingerprint density at radius 1 is 0.545 bits per heavy atom. The van der Waals surface area contributed by atoms with Gasteiger partial charge in [-0.3, -0.25) is 0 Å². The smallest absolute Gasteiger partial charge is 0.416 e. The number of halogens is 3. The number of phenolic OH excluding ortho intramolecular Hbond substituents is 1. The molecule has 1 aromatic heterocycles. The van der Waals surface area contributed by atoms with Crippen LogP contribution < -0.4 is 15.1 Å². The minimum absolute atomic E-state index is 0.00531. The summed E-state index contributed by atoms with van der Waals surface area (Å²) in [5.74, 6) is -0.00531. The Morgan fingerprint density at radius 2 is 1.00 bits per heavy atom. The van der Waals surface area contributed by atoms with Gasteiger partial charge in [0.2, 0.25) is 0 Å². The van der Waals surface area contributed by atoms with Crippen LogP contribution in [-0.2, 0) is 6.18 Å². The Morgan fingerprint density at radius 3 is 1.44 bits per heavy atom. The second kappa shape index (κ2) is 14.8. The van der Waals surface area contributed by atoms with Gasteiger partial charge in [-0.15, -0.1) is 11.3 Å². The van der Waals surface area contributed by atoms with Crippen LogP contribution in [0.2, 0.25) is 19.6 Å². The molecule has 6 rings (SSSR count). The molecule has 0 aliphatic rings. The molecule has 0 radical (unpaired) electrons. The Bertz CT molecular complexity index is 2340. The molecule has 1 nitrogen and oxygen atoms in total. The molecule has 0 saturated heterocycles. The lowest BCUT2D eigenvalue weighted by Crippen LogP contribution is -2.40. The molecule has 1 unspecified atom stereocenters. The molecule has 1 heterocycles. The molecule has 5 aromatic carbocycles. The third-order valence-corrected chi connectivity index (χ3v) is 16.8. The molecule has 0 saturated carbocycles. The monoisotopic (exact) mass is 792 g/mol. The number of aromatic hydroxyl groups is 1. The van der Waals surface area contributed by atoms with Gasteiger partial charge in [0.1, 0.15) is 5.75 Å². The average Bonchev–Trinajstić information content (AvgIpc) is 3.54. The van der Waals surface area contributed by atoms with E-state index in [4.69, 9.17) is 0 Å². The number of hydrogen-bond donors (Lipinski definition) is 1. The Balaban J connectivity index is 1.76. The van der Waals surface area contributed by atoms with Crippen molar-refractivity contribution in [3.05, 3.63) is 127 Å². The van der Waals surface area contributed by atoms with E-state index in [2.05, 4.69) is 105 Å². The second-order valence-electron chi connectivity index (χ2n) is 16.2. The molecular weight excluding hydrogens is 741 g/mol. The molecule has 1 atom stereocenters. The van der Waals surface area contributed by atoms with Crippen molar-refractivity contribution in [2.45, 2.75) is 95.1 Å². The lowest BCUT2D eigenvalue weighted by Gasteiger charge is -2.26. The fourth-order valence-corrected chi connectivity index (χ4v) is 12.4. The molecule has 0 fully saturated rings. The van der Waals surface area contributed by atoms with Crippen LogP contribution in [0.15, 0.2) is 66.0 Å². The first-order chi connectivity index (χ1) is 25.7. The maximum absolute atomic E-state index is 14.4. The summed E-state index contributed by atoms with van der Waals surface area (Å²) in [7, 11) is -2.53. The summed E-state index contributed by atoms with van der Waals surface area (Å²) in [5.41, 5.74) is 20.9. The topological polar surface area (TPSA) is 20.2 Å². The van der Waals surface area contributed by atoms with E-state index in [-0.39, 0.29) is 14.3 Å². The van der Waals surface area contributed by atoms with Gasteiger partial charge in [0.25, 0.3) is 0 Å². The largest absolute Gasteiger partial charge is 0.507 e. The molecule has 0 aliphatic heterocycles. The van der Waals surface area contributed by atoms with Crippen molar-refractivity contribution in [2.75, 3.05) is 0 Å². The first-order valence-corrected chi connectivity index (χ1v) is 24.2. The highest BCUT2D eigenvalue weighted by molar-refractivity contribution is 7.63. The maximum Gasteiger partial charge on any atom is 0.416 e. The maximum atomic E-state index is 14.4. The van der Waals surface area contributed by atoms with E-state index >= 15 is 0 Å². The standard InChI is InChI=1S/C48H52F3OPSSi/c1-25-27(3)31(7)42(32(8)28(25)4)37-20-17-21-38(43-33(9)29(5)26(2)30(6)34(43)10)45(37)39-24-54-47(44(39)35-18-15-14-16-19-35)53-40-22-36(48(49,50)51)23-41(46(40)52)55(11,12)13/h14-24,52-53H,1-13H3. The SMILES string of the molecule is Cc1c(C)c(C)c(-c2cccc(-c3c(C)c(C)c(C)c(C)c3C)c2-c2csc(Pc3cc(C(F)(F)F)cc([Si](C)(C)C)c3O)c2-c2ccccc2)c(C)c1C. The Hall–Kier alpha value is -3.96. The quantitative estimate of drug-likeness (QED) is 0.126. The highest BCUT2D eigenvalue weighted by Crippen LogP contribution is 2.50. The summed E-state index contributed by atoms with van der Waals surface area (Å²) in [5, 5.41) is 14.7. The normalized spacial score (nSPS) is 12.4. The zero-order valence-corrected chi connectivity index (χ0v) is 37.2. The van der Waals surface area contributed by atoms with E-state index in [9.17, 15) is 18.3 Å². The molecule has 0 spiro atoms. The molecule has 286 valence electrons. The van der Waals surface area contributed by atoms with Gasteiger partial charge in [-0.25, -0.2) is 0 Å². The molecule has 55 heavy (non-hydrogen) atoms. The van der Waals surface area contributed by atoms with Crippen LogP contribution in [0.5, 0.6) is 5.75 Å². The summed E-state index contributed by atoms with van der Waals surface area (Å²) in [6, 6.07) is 19.2. The predicted molar refractivity (Wildman–Crippen MR) is 237 cm³/mol. The van der Waals surface area contributed by atoms with Crippen molar-refractivity contribution in [2.24, 2.45) is 0 Å². The lowest BCUT2D eigenvalue weighted by molar-refractivity contribution is -0.137. The lowest BCUT2D eigenvalue weighted by atomic mass is 9.78. The highest BCUT2D eigenvalue weighted by atomic mass is 32.1. The van der Waals surface area contributed by atoms with E-state index in [1.54, 1.807) is 11.3 Å². The zero-order valence-electron chi connectivity index (χ0n) is 34.3. The van der Waals surface area contributed by atoms with Crippen LogP contribution in [0.1, 0.15) is 61.2 Å². The van der Waals surface area contributed by atoms with Crippen molar-refractivity contribution < 1.29 is 18.3 Å². The van der Waals surface area contributed by atoms with Crippen LogP contribution >= 0.6 is 19.9 Å². The van der Waals surface area contributed by atoms with Gasteiger partial charge < -0.3 is 5.11 Å². The third kappa shape index (κ3) is 7.15. The van der Waals surface area contributed by atoms with Gasteiger partial charge in [0, 0.05) is 21.0 Å². The molecule has 0 bridgehead atoms. The van der Waals surface area contributed by atoms with Gasteiger partial charge in [-0.05, 0) is 190 Å². The van der Waals surface area contributed by atoms with E-state index in [1.165, 1.54) is 78.9 Å². The molecule has 6 aromatic rings. The molecule has 0 aliphatic carbocycles. The van der Waals surface area contributed by atoms with Gasteiger partial charge in [0.05, 0.1) is 13.6 Å². The first kappa shape index (κ1) is 40.7. The van der Waals surface area contributed by atoms with Crippen LogP contribution in [-0.4, -0.2) is 13.2 Å². The number of alkyl halides is 3.